The largest absolute Gasteiger partial charge is 0.444 e. The van der Waals surface area contributed by atoms with Gasteiger partial charge in [0.05, 0.1) is 0 Å². The number of carbonyl (C=O) groups is 4. The van der Waals surface area contributed by atoms with Crippen LogP contribution < -0.4 is 16.4 Å². The van der Waals surface area contributed by atoms with Crippen molar-refractivity contribution in [3.8, 4) is 0 Å². The number of hydrogen-bond donors (Lipinski definition) is 3. The normalized spacial score (nSPS) is 13.7. The molecule has 4 amide bonds. The highest BCUT2D eigenvalue weighted by Gasteiger charge is 2.39. The van der Waals surface area contributed by atoms with E-state index in [-0.39, 0.29) is 24.8 Å². The lowest BCUT2D eigenvalue weighted by Crippen LogP contribution is -2.55. The van der Waals surface area contributed by atoms with E-state index in [4.69, 9.17) is 10.5 Å². The summed E-state index contributed by atoms with van der Waals surface area (Å²) in [5.41, 5.74) is 6.15. The minimum absolute atomic E-state index is 0.0149. The number of ether oxygens (including phenoxy) is 1. The first-order chi connectivity index (χ1) is 17.3. The number of rotatable bonds is 14. The number of nitrogens with one attached hydrogen (secondary N) is 2. The molecule has 9 heteroatoms. The first-order valence-corrected chi connectivity index (χ1v) is 13.3. The van der Waals surface area contributed by atoms with Crippen LogP contribution in [-0.4, -0.2) is 52.9 Å². The van der Waals surface area contributed by atoms with Crippen molar-refractivity contribution in [1.29, 1.82) is 0 Å². The van der Waals surface area contributed by atoms with E-state index in [2.05, 4.69) is 17.6 Å². The van der Waals surface area contributed by atoms with Crippen molar-refractivity contribution in [2.24, 2.45) is 5.73 Å². The summed E-state index contributed by atoms with van der Waals surface area (Å²) < 4.78 is 5.36. The van der Waals surface area contributed by atoms with Gasteiger partial charge in [-0.15, -0.1) is 0 Å². The van der Waals surface area contributed by atoms with Crippen molar-refractivity contribution in [3.63, 3.8) is 0 Å². The molecule has 9 nitrogen and oxygen atoms in total. The van der Waals surface area contributed by atoms with Crippen molar-refractivity contribution >= 4 is 23.8 Å². The molecule has 0 saturated heterocycles. The van der Waals surface area contributed by atoms with Crippen LogP contribution in [0.4, 0.5) is 4.79 Å². The Labute approximate surface area is 221 Å². The van der Waals surface area contributed by atoms with Crippen LogP contribution in [0.15, 0.2) is 24.3 Å². The van der Waals surface area contributed by atoms with Gasteiger partial charge in [0.2, 0.25) is 17.7 Å². The summed E-state index contributed by atoms with van der Waals surface area (Å²) in [6.45, 7) is 13.4. The number of primary amides is 1. The van der Waals surface area contributed by atoms with Gasteiger partial charge in [0, 0.05) is 19.0 Å². The lowest BCUT2D eigenvalue weighted by Gasteiger charge is -2.38. The smallest absolute Gasteiger partial charge is 0.408 e. The van der Waals surface area contributed by atoms with E-state index in [1.807, 2.05) is 45.0 Å². The number of hydrogen-bond acceptors (Lipinski definition) is 5. The molecule has 0 spiro atoms. The first kappa shape index (κ1) is 31.9. The van der Waals surface area contributed by atoms with Gasteiger partial charge >= 0.3 is 6.09 Å². The molecule has 0 aromatic heterocycles. The van der Waals surface area contributed by atoms with E-state index >= 15 is 0 Å². The number of benzene rings is 1. The van der Waals surface area contributed by atoms with E-state index in [1.165, 1.54) is 4.90 Å². The van der Waals surface area contributed by atoms with Gasteiger partial charge in [-0.25, -0.2) is 4.79 Å². The summed E-state index contributed by atoms with van der Waals surface area (Å²) in [4.78, 5) is 53.4. The average Bonchev–Trinajstić information content (AvgIpc) is 2.81. The second-order valence-electron chi connectivity index (χ2n) is 10.5. The highest BCUT2D eigenvalue weighted by atomic mass is 16.6. The summed E-state index contributed by atoms with van der Waals surface area (Å²) in [6, 6.07) is 5.10. The maximum absolute atomic E-state index is 14.1. The molecule has 37 heavy (non-hydrogen) atoms. The first-order valence-electron chi connectivity index (χ1n) is 13.3. The number of amides is 4. The molecule has 0 heterocycles. The van der Waals surface area contributed by atoms with Crippen LogP contribution in [0, 0.1) is 6.92 Å². The van der Waals surface area contributed by atoms with Crippen molar-refractivity contribution in [2.45, 2.75) is 111 Å². The molecule has 3 unspecified atom stereocenters. The van der Waals surface area contributed by atoms with E-state index < -0.39 is 35.6 Å². The van der Waals surface area contributed by atoms with Crippen molar-refractivity contribution < 1.29 is 23.9 Å². The Morgan fingerprint density at radius 3 is 2.27 bits per heavy atom. The number of unbranched alkanes of at least 4 members (excludes halogenated alkanes) is 2. The van der Waals surface area contributed by atoms with Gasteiger partial charge in [0.1, 0.15) is 17.7 Å². The van der Waals surface area contributed by atoms with Gasteiger partial charge < -0.3 is 26.0 Å². The molecule has 208 valence electrons. The standard InChI is InChI=1S/C28H46N4O5/c1-8-10-13-18-30-25(34)24(21-15-12-11-14-19(21)3)32(20(4)9-2)26(35)22(16-17-23(29)33)31-27(36)37-28(5,6)7/h11-12,14-15,20,22,24H,8-10,13,16-18H2,1-7H3,(H2,29,33)(H,30,34)(H,31,36). The van der Waals surface area contributed by atoms with Crippen molar-refractivity contribution in [2.75, 3.05) is 6.54 Å². The lowest BCUT2D eigenvalue weighted by molar-refractivity contribution is -0.145. The zero-order valence-corrected chi connectivity index (χ0v) is 23.6. The van der Waals surface area contributed by atoms with Crippen molar-refractivity contribution in [1.82, 2.24) is 15.5 Å². The molecular formula is C28H46N4O5. The van der Waals surface area contributed by atoms with Crippen LogP contribution in [0.1, 0.15) is 97.2 Å². The zero-order chi connectivity index (χ0) is 28.2. The highest BCUT2D eigenvalue weighted by Crippen LogP contribution is 2.29. The Balaban J connectivity index is 3.48. The number of alkyl carbamates (subject to hydrolysis) is 1. The molecule has 0 bridgehead atoms. The second-order valence-corrected chi connectivity index (χ2v) is 10.5. The second kappa shape index (κ2) is 15.2. The molecule has 0 fully saturated rings. The maximum Gasteiger partial charge on any atom is 0.408 e. The zero-order valence-electron chi connectivity index (χ0n) is 23.6. The molecule has 0 radical (unpaired) electrons. The predicted octanol–water partition coefficient (Wildman–Crippen LogP) is 4.13. The molecule has 0 saturated carbocycles. The van der Waals surface area contributed by atoms with Crippen LogP contribution in [0.25, 0.3) is 0 Å². The quantitative estimate of drug-likeness (QED) is 0.319. The van der Waals surface area contributed by atoms with Crippen LogP contribution in [0.2, 0.25) is 0 Å². The average molecular weight is 519 g/mol. The van der Waals surface area contributed by atoms with Crippen LogP contribution in [0.3, 0.4) is 0 Å². The third kappa shape index (κ3) is 10.8. The van der Waals surface area contributed by atoms with Crippen molar-refractivity contribution in [3.05, 3.63) is 35.4 Å². The van der Waals surface area contributed by atoms with Gasteiger partial charge in [-0.2, -0.15) is 0 Å². The highest BCUT2D eigenvalue weighted by molar-refractivity contribution is 5.93. The third-order valence-corrected chi connectivity index (χ3v) is 6.08. The predicted molar refractivity (Wildman–Crippen MR) is 145 cm³/mol. The van der Waals surface area contributed by atoms with Gasteiger partial charge in [-0.05, 0) is 65.0 Å². The van der Waals surface area contributed by atoms with Crippen LogP contribution in [-0.2, 0) is 19.1 Å². The van der Waals surface area contributed by atoms with Gasteiger partial charge in [-0.1, -0.05) is 51.0 Å². The summed E-state index contributed by atoms with van der Waals surface area (Å²) >= 11 is 0. The molecular weight excluding hydrogens is 472 g/mol. The molecule has 1 rings (SSSR count). The van der Waals surface area contributed by atoms with Gasteiger partial charge in [-0.3, -0.25) is 14.4 Å². The SMILES string of the molecule is CCCCCNC(=O)C(c1ccccc1C)N(C(=O)C(CCC(N)=O)NC(=O)OC(C)(C)C)C(C)CC. The number of nitrogens with two attached hydrogens (primary N) is 1. The Kier molecular flexibility index (Phi) is 13.1. The third-order valence-electron chi connectivity index (χ3n) is 6.08. The molecule has 1 aromatic rings. The minimum atomic E-state index is -1.10. The topological polar surface area (TPSA) is 131 Å². The summed E-state index contributed by atoms with van der Waals surface area (Å²) in [7, 11) is 0. The van der Waals surface area contributed by atoms with E-state index in [1.54, 1.807) is 20.8 Å². The fraction of sp³-hybridized carbons (Fsp3) is 0.643. The van der Waals surface area contributed by atoms with Crippen LogP contribution >= 0.6 is 0 Å². The summed E-state index contributed by atoms with van der Waals surface area (Å²) in [6.07, 6.45) is 2.51. The molecule has 0 aliphatic rings. The number of aryl methyl sites for hydroxylation is 1. The Morgan fingerprint density at radius 2 is 1.73 bits per heavy atom. The summed E-state index contributed by atoms with van der Waals surface area (Å²) in [5, 5.41) is 5.62. The molecule has 0 aliphatic carbocycles. The summed E-state index contributed by atoms with van der Waals surface area (Å²) in [5.74, 6) is -1.36. The van der Waals surface area contributed by atoms with Crippen LogP contribution in [0.5, 0.6) is 0 Å². The van der Waals surface area contributed by atoms with Gasteiger partial charge in [0.25, 0.3) is 0 Å². The van der Waals surface area contributed by atoms with E-state index in [0.29, 0.717) is 18.5 Å². The van der Waals surface area contributed by atoms with E-state index in [0.717, 1.165) is 24.8 Å². The molecule has 0 aliphatic heterocycles. The van der Waals surface area contributed by atoms with Gasteiger partial charge in [0.15, 0.2) is 0 Å². The monoisotopic (exact) mass is 518 g/mol. The number of carbonyl (C=O) groups excluding carboxylic acids is 4. The Hall–Kier alpha value is -3.10. The fourth-order valence-corrected chi connectivity index (χ4v) is 3.96. The maximum atomic E-state index is 14.1. The molecule has 4 N–H and O–H groups in total. The molecule has 3 atom stereocenters. The Morgan fingerprint density at radius 1 is 1.08 bits per heavy atom. The van der Waals surface area contributed by atoms with E-state index in [9.17, 15) is 19.2 Å². The Bertz CT molecular complexity index is 912. The minimum Gasteiger partial charge on any atom is -0.444 e. The molecule has 1 aromatic carbocycles. The lowest BCUT2D eigenvalue weighted by atomic mass is 9.95. The number of nitrogens with zero attached hydrogens (tertiary/aromatic N) is 1. The fourth-order valence-electron chi connectivity index (χ4n) is 3.96.